The lowest BCUT2D eigenvalue weighted by Gasteiger charge is -1.92. The van der Waals surface area contributed by atoms with Crippen LogP contribution in [0.25, 0.3) is 0 Å². The SMILES string of the molecule is C=C/C(=C\C(=C)C)SN.CC. The molecule has 0 heterocycles. The molecule has 0 rings (SSSR count). The van der Waals surface area contributed by atoms with Gasteiger partial charge in [-0.05, 0) is 24.9 Å². The maximum Gasteiger partial charge on any atom is 0.0222 e. The van der Waals surface area contributed by atoms with Crippen LogP contribution in [0.4, 0.5) is 0 Å². The Morgan fingerprint density at radius 1 is 1.45 bits per heavy atom. The Bertz CT molecular complexity index is 148. The zero-order chi connectivity index (χ0) is 9.28. The van der Waals surface area contributed by atoms with Crippen LogP contribution in [-0.2, 0) is 0 Å². The molecule has 0 amide bonds. The Hall–Kier alpha value is -0.470. The highest BCUT2D eigenvalue weighted by Gasteiger charge is 1.85. The lowest BCUT2D eigenvalue weighted by atomic mass is 10.3. The van der Waals surface area contributed by atoms with Crippen molar-refractivity contribution in [3.63, 3.8) is 0 Å². The van der Waals surface area contributed by atoms with Gasteiger partial charge >= 0.3 is 0 Å². The van der Waals surface area contributed by atoms with E-state index in [1.165, 1.54) is 11.9 Å². The van der Waals surface area contributed by atoms with Gasteiger partial charge < -0.3 is 0 Å². The van der Waals surface area contributed by atoms with Crippen molar-refractivity contribution < 1.29 is 0 Å². The lowest BCUT2D eigenvalue weighted by molar-refractivity contribution is 1.50. The zero-order valence-electron chi connectivity index (χ0n) is 7.55. The van der Waals surface area contributed by atoms with E-state index in [1.54, 1.807) is 6.08 Å². The highest BCUT2D eigenvalue weighted by molar-refractivity contribution is 8.01. The highest BCUT2D eigenvalue weighted by atomic mass is 32.2. The summed E-state index contributed by atoms with van der Waals surface area (Å²) in [5, 5.41) is 5.27. The van der Waals surface area contributed by atoms with E-state index in [-0.39, 0.29) is 0 Å². The Morgan fingerprint density at radius 3 is 2.00 bits per heavy atom. The molecule has 0 saturated carbocycles. The van der Waals surface area contributed by atoms with Crippen LogP contribution in [0.5, 0.6) is 0 Å². The van der Waals surface area contributed by atoms with E-state index in [0.29, 0.717) is 0 Å². The van der Waals surface area contributed by atoms with Crippen LogP contribution in [0.1, 0.15) is 20.8 Å². The quantitative estimate of drug-likeness (QED) is 0.521. The summed E-state index contributed by atoms with van der Waals surface area (Å²) in [6.07, 6.45) is 3.59. The molecular formula is C9H17NS. The van der Waals surface area contributed by atoms with E-state index in [4.69, 9.17) is 5.14 Å². The molecule has 0 aromatic heterocycles. The second-order valence-corrected chi connectivity index (χ2v) is 2.42. The van der Waals surface area contributed by atoms with E-state index >= 15 is 0 Å². The smallest absolute Gasteiger partial charge is 0.0222 e. The van der Waals surface area contributed by atoms with Crippen LogP contribution < -0.4 is 5.14 Å². The van der Waals surface area contributed by atoms with Crippen LogP contribution in [0.2, 0.25) is 0 Å². The first-order valence-electron chi connectivity index (χ1n) is 3.57. The minimum atomic E-state index is 0.947. The monoisotopic (exact) mass is 171 g/mol. The number of hydrogen-bond donors (Lipinski definition) is 1. The molecule has 0 atom stereocenters. The minimum absolute atomic E-state index is 0.947. The topological polar surface area (TPSA) is 26.0 Å². The fourth-order valence-corrected chi connectivity index (χ4v) is 0.749. The third-order valence-electron chi connectivity index (χ3n) is 0.726. The molecule has 0 aliphatic rings. The fourth-order valence-electron chi connectivity index (χ4n) is 0.384. The molecule has 0 fully saturated rings. The van der Waals surface area contributed by atoms with E-state index in [1.807, 2.05) is 26.8 Å². The van der Waals surface area contributed by atoms with E-state index in [0.717, 1.165) is 10.5 Å². The number of nitrogens with two attached hydrogens (primary N) is 1. The summed E-state index contributed by atoms with van der Waals surface area (Å²) >= 11 is 1.18. The van der Waals surface area contributed by atoms with Gasteiger partial charge in [0.15, 0.2) is 0 Å². The molecule has 64 valence electrons. The zero-order valence-corrected chi connectivity index (χ0v) is 8.37. The maximum atomic E-state index is 5.27. The van der Waals surface area contributed by atoms with Gasteiger partial charge in [0.25, 0.3) is 0 Å². The molecule has 0 bridgehead atoms. The standard InChI is InChI=1S/C7H11NS.C2H6/c1-4-7(9-8)5-6(2)3;1-2/h4-5H,1-2,8H2,3H3;1-2H3/b7-5+;. The summed E-state index contributed by atoms with van der Waals surface area (Å²) in [4.78, 5) is 0.947. The molecular weight excluding hydrogens is 154 g/mol. The van der Waals surface area contributed by atoms with Crippen LogP contribution in [0.3, 0.4) is 0 Å². The highest BCUT2D eigenvalue weighted by Crippen LogP contribution is 2.10. The molecule has 0 radical (unpaired) electrons. The van der Waals surface area contributed by atoms with E-state index in [2.05, 4.69) is 13.2 Å². The lowest BCUT2D eigenvalue weighted by Crippen LogP contribution is -1.79. The molecule has 2 heteroatoms. The van der Waals surface area contributed by atoms with Crippen molar-refractivity contribution in [1.29, 1.82) is 0 Å². The fraction of sp³-hybridized carbons (Fsp3) is 0.333. The van der Waals surface area contributed by atoms with Gasteiger partial charge in [0.05, 0.1) is 0 Å². The van der Waals surface area contributed by atoms with Gasteiger partial charge in [-0.15, -0.1) is 0 Å². The van der Waals surface area contributed by atoms with Crippen LogP contribution in [0.15, 0.2) is 35.8 Å². The molecule has 0 saturated heterocycles. The molecule has 0 aromatic carbocycles. The van der Waals surface area contributed by atoms with Crippen molar-refractivity contribution in [3.8, 4) is 0 Å². The third kappa shape index (κ3) is 9.53. The molecule has 0 aliphatic heterocycles. The van der Waals surface area contributed by atoms with Crippen molar-refractivity contribution in [3.05, 3.63) is 35.8 Å². The summed E-state index contributed by atoms with van der Waals surface area (Å²) in [5.74, 6) is 0. The first-order chi connectivity index (χ1) is 5.20. The Balaban J connectivity index is 0. The average Bonchev–Trinajstić information content (AvgIpc) is 2.03. The summed E-state index contributed by atoms with van der Waals surface area (Å²) in [7, 11) is 0. The first kappa shape index (κ1) is 13.1. The van der Waals surface area contributed by atoms with Gasteiger partial charge in [-0.2, -0.15) is 0 Å². The molecule has 0 unspecified atom stereocenters. The van der Waals surface area contributed by atoms with Gasteiger partial charge in [-0.1, -0.05) is 38.7 Å². The van der Waals surface area contributed by atoms with Crippen molar-refractivity contribution in [2.75, 3.05) is 0 Å². The predicted octanol–water partition coefficient (Wildman–Crippen LogP) is 3.27. The molecule has 0 aromatic rings. The van der Waals surface area contributed by atoms with Crippen LogP contribution >= 0.6 is 11.9 Å². The van der Waals surface area contributed by atoms with Gasteiger partial charge in [0.1, 0.15) is 0 Å². The van der Waals surface area contributed by atoms with Gasteiger partial charge in [0.2, 0.25) is 0 Å². The number of allylic oxidation sites excluding steroid dienone is 3. The van der Waals surface area contributed by atoms with E-state index in [9.17, 15) is 0 Å². The minimum Gasteiger partial charge on any atom is -0.274 e. The van der Waals surface area contributed by atoms with Gasteiger partial charge in [-0.3, -0.25) is 5.14 Å². The number of rotatable bonds is 3. The molecule has 0 aliphatic carbocycles. The average molecular weight is 171 g/mol. The Labute approximate surface area is 74.2 Å². The van der Waals surface area contributed by atoms with Crippen molar-refractivity contribution in [1.82, 2.24) is 0 Å². The largest absolute Gasteiger partial charge is 0.274 e. The summed E-state index contributed by atoms with van der Waals surface area (Å²) in [6.45, 7) is 13.2. The molecule has 1 nitrogen and oxygen atoms in total. The van der Waals surface area contributed by atoms with Crippen LogP contribution in [0, 0.1) is 0 Å². The molecule has 11 heavy (non-hydrogen) atoms. The second-order valence-electron chi connectivity index (χ2n) is 1.72. The third-order valence-corrected chi connectivity index (χ3v) is 1.28. The summed E-state index contributed by atoms with van der Waals surface area (Å²) < 4.78 is 0. The van der Waals surface area contributed by atoms with Gasteiger partial charge in [-0.25, -0.2) is 0 Å². The Kier molecular flexibility index (Phi) is 11.4. The summed E-state index contributed by atoms with van der Waals surface area (Å²) in [6, 6.07) is 0. The molecule has 2 N–H and O–H groups in total. The number of hydrogen-bond acceptors (Lipinski definition) is 2. The Morgan fingerprint density at radius 2 is 1.91 bits per heavy atom. The molecule has 0 spiro atoms. The van der Waals surface area contributed by atoms with E-state index < -0.39 is 0 Å². The van der Waals surface area contributed by atoms with Crippen molar-refractivity contribution in [2.24, 2.45) is 5.14 Å². The maximum absolute atomic E-state index is 5.27. The van der Waals surface area contributed by atoms with Crippen molar-refractivity contribution in [2.45, 2.75) is 20.8 Å². The van der Waals surface area contributed by atoms with Crippen molar-refractivity contribution >= 4 is 11.9 Å². The second kappa shape index (κ2) is 9.53. The first-order valence-corrected chi connectivity index (χ1v) is 4.45. The van der Waals surface area contributed by atoms with Gasteiger partial charge in [0, 0.05) is 4.91 Å². The normalized spacial score (nSPS) is 9.64. The summed E-state index contributed by atoms with van der Waals surface area (Å²) in [5.41, 5.74) is 0.989. The predicted molar refractivity (Wildman–Crippen MR) is 56.2 cm³/mol. The van der Waals surface area contributed by atoms with Crippen LogP contribution in [-0.4, -0.2) is 0 Å².